The number of hydrogen-bond donors (Lipinski definition) is 0. The maximum absolute atomic E-state index is 13.5. The Labute approximate surface area is 185 Å². The number of piperidine rings is 1. The molecular weight excluding hydrogens is 439 g/mol. The van der Waals surface area contributed by atoms with Crippen LogP contribution in [0.3, 0.4) is 0 Å². The van der Waals surface area contributed by atoms with Gasteiger partial charge in [0.1, 0.15) is 17.3 Å². The summed E-state index contributed by atoms with van der Waals surface area (Å²) in [5.74, 6) is 0.882. The average molecular weight is 463 g/mol. The molecule has 1 aliphatic heterocycles. The summed E-state index contributed by atoms with van der Waals surface area (Å²) in [6.07, 6.45) is 0.937. The van der Waals surface area contributed by atoms with Crippen LogP contribution >= 0.6 is 11.3 Å². The summed E-state index contributed by atoms with van der Waals surface area (Å²) in [7, 11) is -0.334. The summed E-state index contributed by atoms with van der Waals surface area (Å²) in [5, 5.41) is 2.27. The normalized spacial score (nSPS) is 15.1. The maximum Gasteiger partial charge on any atom is 0.185 e. The van der Waals surface area contributed by atoms with Crippen LogP contribution in [0.25, 0.3) is 11.3 Å². The molecule has 2 heterocycles. The number of rotatable bonds is 6. The molecule has 0 unspecified atom stereocenters. The first-order valence-corrected chi connectivity index (χ1v) is 12.3. The molecule has 0 saturated carbocycles. The van der Waals surface area contributed by atoms with Gasteiger partial charge in [0.05, 0.1) is 30.1 Å². The number of ether oxygens (including phenoxy) is 2. The Morgan fingerprint density at radius 1 is 1.10 bits per heavy atom. The van der Waals surface area contributed by atoms with E-state index in [1.165, 1.54) is 29.5 Å². The minimum absolute atomic E-state index is 0.0487. The summed E-state index contributed by atoms with van der Waals surface area (Å²) in [5.41, 5.74) is 1.62. The van der Waals surface area contributed by atoms with Crippen LogP contribution in [0, 0.1) is 5.82 Å². The number of benzene rings is 2. The molecule has 4 rings (SSSR count). The zero-order valence-corrected chi connectivity index (χ0v) is 18.9. The Morgan fingerprint density at radius 3 is 2.55 bits per heavy atom. The molecule has 31 heavy (non-hydrogen) atoms. The van der Waals surface area contributed by atoms with Crippen molar-refractivity contribution in [3.63, 3.8) is 0 Å². The van der Waals surface area contributed by atoms with Gasteiger partial charge >= 0.3 is 0 Å². The van der Waals surface area contributed by atoms with Gasteiger partial charge in [0, 0.05) is 24.0 Å². The predicted octanol–water partition coefficient (Wildman–Crippen LogP) is 4.41. The first kappa shape index (κ1) is 21.6. The number of sulfone groups is 1. The second-order valence-electron chi connectivity index (χ2n) is 7.27. The Morgan fingerprint density at radius 2 is 1.87 bits per heavy atom. The van der Waals surface area contributed by atoms with Crippen LogP contribution in [0.1, 0.15) is 12.8 Å². The summed E-state index contributed by atoms with van der Waals surface area (Å²) < 4.78 is 50.0. The molecule has 1 saturated heterocycles. The molecule has 1 fully saturated rings. The zero-order valence-electron chi connectivity index (χ0n) is 17.2. The van der Waals surface area contributed by atoms with Gasteiger partial charge in [0.15, 0.2) is 15.0 Å². The van der Waals surface area contributed by atoms with Gasteiger partial charge in [-0.25, -0.2) is 17.8 Å². The van der Waals surface area contributed by atoms with Gasteiger partial charge in [-0.05, 0) is 49.2 Å². The van der Waals surface area contributed by atoms with Crippen molar-refractivity contribution in [1.82, 2.24) is 4.98 Å². The number of methoxy groups -OCH3 is 2. The SMILES string of the molecule is COc1ccc(OC)c(-c2csc(N3CCC(S(=O)(=O)c4cccc(F)c4)CC3)n2)c1. The molecule has 0 aliphatic carbocycles. The molecule has 9 heteroatoms. The topological polar surface area (TPSA) is 68.7 Å². The van der Waals surface area contributed by atoms with Gasteiger partial charge in [-0.15, -0.1) is 11.3 Å². The predicted molar refractivity (Wildman–Crippen MR) is 119 cm³/mol. The maximum atomic E-state index is 13.5. The summed E-state index contributed by atoms with van der Waals surface area (Å²) in [4.78, 5) is 6.90. The quantitative estimate of drug-likeness (QED) is 0.541. The first-order valence-electron chi connectivity index (χ1n) is 9.84. The Bertz CT molecular complexity index is 1170. The van der Waals surface area contributed by atoms with Gasteiger partial charge in [-0.1, -0.05) is 6.07 Å². The fourth-order valence-electron chi connectivity index (χ4n) is 3.74. The van der Waals surface area contributed by atoms with E-state index >= 15 is 0 Å². The highest BCUT2D eigenvalue weighted by molar-refractivity contribution is 7.92. The second-order valence-corrected chi connectivity index (χ2v) is 10.3. The van der Waals surface area contributed by atoms with Crippen molar-refractivity contribution in [1.29, 1.82) is 0 Å². The molecule has 0 radical (unpaired) electrons. The standard InChI is InChI=1S/C22H23FN2O4S2/c1-28-16-6-7-21(29-2)19(13-16)20-14-30-22(24-20)25-10-8-17(9-11-25)31(26,27)18-5-3-4-15(23)12-18/h3-7,12-14,17H,8-11H2,1-2H3. The van der Waals surface area contributed by atoms with E-state index in [1.807, 2.05) is 23.6 Å². The van der Waals surface area contributed by atoms with Crippen LogP contribution in [-0.4, -0.2) is 46.0 Å². The van der Waals surface area contributed by atoms with Crippen LogP contribution < -0.4 is 14.4 Å². The van der Waals surface area contributed by atoms with Gasteiger partial charge in [0.2, 0.25) is 0 Å². The van der Waals surface area contributed by atoms with Crippen molar-refractivity contribution in [2.75, 3.05) is 32.2 Å². The van der Waals surface area contributed by atoms with E-state index in [1.54, 1.807) is 14.2 Å². The number of nitrogens with zero attached hydrogens (tertiary/aromatic N) is 2. The minimum atomic E-state index is -3.56. The highest BCUT2D eigenvalue weighted by Crippen LogP contribution is 2.37. The van der Waals surface area contributed by atoms with E-state index in [-0.39, 0.29) is 4.90 Å². The lowest BCUT2D eigenvalue weighted by Crippen LogP contribution is -2.39. The highest BCUT2D eigenvalue weighted by Gasteiger charge is 2.32. The third kappa shape index (κ3) is 4.38. The number of anilines is 1. The summed E-state index contributed by atoms with van der Waals surface area (Å²) in [6.45, 7) is 1.14. The highest BCUT2D eigenvalue weighted by atomic mass is 32.2. The first-order chi connectivity index (χ1) is 14.9. The number of aromatic nitrogens is 1. The summed E-state index contributed by atoms with van der Waals surface area (Å²) in [6, 6.07) is 10.8. The van der Waals surface area contributed by atoms with Crippen molar-refractivity contribution in [2.45, 2.75) is 23.0 Å². The molecular formula is C22H23FN2O4S2. The average Bonchev–Trinajstić information content (AvgIpc) is 3.29. The van der Waals surface area contributed by atoms with E-state index in [9.17, 15) is 12.8 Å². The van der Waals surface area contributed by atoms with Crippen molar-refractivity contribution >= 4 is 26.3 Å². The molecule has 0 atom stereocenters. The number of hydrogen-bond acceptors (Lipinski definition) is 7. The fraction of sp³-hybridized carbons (Fsp3) is 0.318. The Kier molecular flexibility index (Phi) is 6.15. The molecule has 164 valence electrons. The molecule has 0 bridgehead atoms. The smallest absolute Gasteiger partial charge is 0.185 e. The van der Waals surface area contributed by atoms with Crippen LogP contribution in [0.4, 0.5) is 9.52 Å². The molecule has 1 aliphatic rings. The lowest BCUT2D eigenvalue weighted by atomic mass is 10.1. The second kappa shape index (κ2) is 8.84. The zero-order chi connectivity index (χ0) is 22.0. The lowest BCUT2D eigenvalue weighted by molar-refractivity contribution is 0.404. The van der Waals surface area contributed by atoms with Gasteiger partial charge in [-0.3, -0.25) is 0 Å². The van der Waals surface area contributed by atoms with Crippen molar-refractivity contribution < 1.29 is 22.3 Å². The van der Waals surface area contributed by atoms with E-state index in [4.69, 9.17) is 14.5 Å². The van der Waals surface area contributed by atoms with Crippen LogP contribution in [-0.2, 0) is 9.84 Å². The molecule has 6 nitrogen and oxygen atoms in total. The van der Waals surface area contributed by atoms with Crippen LogP contribution in [0.15, 0.2) is 52.7 Å². The number of halogens is 1. The lowest BCUT2D eigenvalue weighted by Gasteiger charge is -2.31. The van der Waals surface area contributed by atoms with Crippen molar-refractivity contribution in [2.24, 2.45) is 0 Å². The molecule has 0 spiro atoms. The van der Waals surface area contributed by atoms with E-state index in [0.717, 1.165) is 22.5 Å². The van der Waals surface area contributed by atoms with Crippen LogP contribution in [0.2, 0.25) is 0 Å². The van der Waals surface area contributed by atoms with E-state index < -0.39 is 20.9 Å². The largest absolute Gasteiger partial charge is 0.497 e. The van der Waals surface area contributed by atoms with Crippen LogP contribution in [0.5, 0.6) is 11.5 Å². The molecule has 1 aromatic heterocycles. The van der Waals surface area contributed by atoms with Crippen molar-refractivity contribution in [3.05, 3.63) is 53.7 Å². The molecule has 0 amide bonds. The van der Waals surface area contributed by atoms with Crippen molar-refractivity contribution in [3.8, 4) is 22.8 Å². The molecule has 3 aromatic rings. The summed E-state index contributed by atoms with van der Waals surface area (Å²) >= 11 is 1.51. The minimum Gasteiger partial charge on any atom is -0.497 e. The monoisotopic (exact) mass is 462 g/mol. The van der Waals surface area contributed by atoms with E-state index in [2.05, 4.69) is 4.90 Å². The Balaban J connectivity index is 1.49. The Hall–Kier alpha value is -2.65. The third-order valence-corrected chi connectivity index (χ3v) is 8.61. The number of thiazole rings is 1. The third-order valence-electron chi connectivity index (χ3n) is 5.45. The fourth-order valence-corrected chi connectivity index (χ4v) is 6.38. The van der Waals surface area contributed by atoms with Gasteiger partial charge in [0.25, 0.3) is 0 Å². The van der Waals surface area contributed by atoms with Gasteiger partial charge in [-0.2, -0.15) is 0 Å². The molecule has 2 aromatic carbocycles. The van der Waals surface area contributed by atoms with Gasteiger partial charge < -0.3 is 14.4 Å². The molecule has 0 N–H and O–H groups in total. The van der Waals surface area contributed by atoms with E-state index in [0.29, 0.717) is 37.4 Å².